The van der Waals surface area contributed by atoms with Crippen LogP contribution in [-0.2, 0) is 4.79 Å². The molecule has 24 heavy (non-hydrogen) atoms. The van der Waals surface area contributed by atoms with Gasteiger partial charge in [-0.2, -0.15) is 0 Å². The van der Waals surface area contributed by atoms with E-state index in [1.54, 1.807) is 24.3 Å². The molecule has 0 unspecified atom stereocenters. The Morgan fingerprint density at radius 2 is 1.58 bits per heavy atom. The third-order valence-corrected chi connectivity index (χ3v) is 3.56. The molecule has 6 heteroatoms. The van der Waals surface area contributed by atoms with Gasteiger partial charge in [-0.3, -0.25) is 4.79 Å². The number of ketones is 1. The van der Waals surface area contributed by atoms with Gasteiger partial charge in [-0.05, 0) is 43.0 Å². The summed E-state index contributed by atoms with van der Waals surface area (Å²) in [4.78, 5) is 24.1. The average molecular weight is 477 g/mol. The molecule has 1 fully saturated rings. The van der Waals surface area contributed by atoms with Crippen LogP contribution in [-0.4, -0.2) is 35.0 Å². The number of hydrogen-bond acceptors (Lipinski definition) is 2. The van der Waals surface area contributed by atoms with Gasteiger partial charge < -0.3 is 32.3 Å². The quantitative estimate of drug-likeness (QED) is 0.492. The van der Waals surface area contributed by atoms with Crippen LogP contribution in [0.3, 0.4) is 0 Å². The molecule has 1 aliphatic rings. The van der Waals surface area contributed by atoms with Gasteiger partial charge in [0, 0.05) is 29.6 Å². The molecule has 0 spiro atoms. The topological polar surface area (TPSA) is 57.6 Å². The van der Waals surface area contributed by atoms with Gasteiger partial charge in [0.2, 0.25) is 5.78 Å². The van der Waals surface area contributed by atoms with E-state index in [-0.39, 0.29) is 75.7 Å². The van der Waals surface area contributed by atoms with Crippen LogP contribution in [0.5, 0.6) is 0 Å². The number of benzene rings is 1. The van der Waals surface area contributed by atoms with E-state index < -0.39 is 6.09 Å². The summed E-state index contributed by atoms with van der Waals surface area (Å²) in [7, 11) is 0. The minimum atomic E-state index is -0.928. The second-order valence-corrected chi connectivity index (χ2v) is 5.10. The third-order valence-electron chi connectivity index (χ3n) is 3.31. The normalized spacial score (nSPS) is 12.8. The van der Waals surface area contributed by atoms with Crippen LogP contribution >= 0.6 is 11.6 Å². The molecular formula is C18H23CeClNO3. The van der Waals surface area contributed by atoms with E-state index in [9.17, 15) is 9.59 Å². The first kappa shape index (κ1) is 28.2. The fourth-order valence-electron chi connectivity index (χ4n) is 2.10. The average Bonchev–Trinajstić information content (AvgIpc) is 2.46. The molecule has 0 aliphatic carbocycles. The molecule has 1 heterocycles. The van der Waals surface area contributed by atoms with Crippen molar-refractivity contribution in [3.63, 3.8) is 0 Å². The van der Waals surface area contributed by atoms with Crippen molar-refractivity contribution in [1.82, 2.24) is 4.90 Å². The van der Waals surface area contributed by atoms with E-state index in [0.29, 0.717) is 31.0 Å². The fourth-order valence-corrected chi connectivity index (χ4v) is 2.23. The van der Waals surface area contributed by atoms with Gasteiger partial charge in [0.15, 0.2) is 0 Å². The summed E-state index contributed by atoms with van der Waals surface area (Å²) in [6.45, 7) is 0.794. The minimum Gasteiger partial charge on any atom is -0.465 e. The van der Waals surface area contributed by atoms with E-state index in [2.05, 4.69) is 11.8 Å². The maximum atomic E-state index is 11.9. The predicted octanol–water partition coefficient (Wildman–Crippen LogP) is 4.00. The molecule has 1 radical (unpaired) electrons. The SMILES string of the molecule is O=C(C#Cc1ccc(Cl)cc1)C1CCN(C(=O)O)CC1.[CH3-].[CH3-].[CH3-].[Ce+3]. The molecule has 1 N–H and O–H groups in total. The van der Waals surface area contributed by atoms with Crippen LogP contribution in [0.15, 0.2) is 24.3 Å². The molecule has 0 saturated carbocycles. The number of carbonyl (C=O) groups is 2. The molecule has 1 aromatic carbocycles. The summed E-state index contributed by atoms with van der Waals surface area (Å²) in [5, 5.41) is 9.47. The van der Waals surface area contributed by atoms with E-state index in [0.717, 1.165) is 5.56 Å². The van der Waals surface area contributed by atoms with Crippen LogP contribution in [0.1, 0.15) is 18.4 Å². The largest absolute Gasteiger partial charge is 3.00 e. The number of carboxylic acid groups (broad SMARTS) is 1. The van der Waals surface area contributed by atoms with Crippen molar-refractivity contribution in [3.8, 4) is 11.8 Å². The standard InChI is InChI=1S/C15H14ClNO3.3CH3.Ce/c16-13-4-1-11(2-5-13)3-6-14(18)12-7-9-17(10-8-12)15(19)20;;;;/h1-2,4-5,12H,7-10H2,(H,19,20);3*1H3;/q;3*-1;+3. The van der Waals surface area contributed by atoms with Gasteiger partial charge in [-0.25, -0.2) is 4.79 Å². The first-order valence-corrected chi connectivity index (χ1v) is 6.73. The Hall–Kier alpha value is -0.613. The minimum absolute atomic E-state index is 0. The van der Waals surface area contributed by atoms with Gasteiger partial charge in [-0.15, -0.1) is 0 Å². The summed E-state index contributed by atoms with van der Waals surface area (Å²) in [6.07, 6.45) is 0.157. The van der Waals surface area contributed by atoms with Crippen molar-refractivity contribution in [2.24, 2.45) is 5.92 Å². The van der Waals surface area contributed by atoms with E-state index in [1.807, 2.05) is 0 Å². The Labute approximate surface area is 184 Å². The first-order valence-electron chi connectivity index (χ1n) is 6.35. The van der Waals surface area contributed by atoms with Crippen LogP contribution in [0.25, 0.3) is 0 Å². The van der Waals surface area contributed by atoms with Gasteiger partial charge in [-0.1, -0.05) is 17.5 Å². The summed E-state index contributed by atoms with van der Waals surface area (Å²) in [5.41, 5.74) is 0.741. The van der Waals surface area contributed by atoms with E-state index >= 15 is 0 Å². The van der Waals surface area contributed by atoms with E-state index in [4.69, 9.17) is 16.7 Å². The molecule has 0 aromatic heterocycles. The van der Waals surface area contributed by atoms with E-state index in [1.165, 1.54) is 4.90 Å². The molecular weight excluding hydrogens is 454 g/mol. The number of likely N-dealkylation sites (tertiary alicyclic amines) is 1. The molecule has 0 bridgehead atoms. The Morgan fingerprint density at radius 1 is 1.08 bits per heavy atom. The molecule has 4 nitrogen and oxygen atoms in total. The second kappa shape index (κ2) is 13.7. The summed E-state index contributed by atoms with van der Waals surface area (Å²) < 4.78 is 0. The van der Waals surface area contributed by atoms with Crippen molar-refractivity contribution in [3.05, 3.63) is 57.1 Å². The summed E-state index contributed by atoms with van der Waals surface area (Å²) >= 11 is 5.77. The number of Topliss-reactive ketones (excluding diaryl/α,β-unsaturated/α-hetero) is 1. The maximum Gasteiger partial charge on any atom is 3.00 e. The van der Waals surface area contributed by atoms with Crippen LogP contribution in [0.4, 0.5) is 4.79 Å². The zero-order valence-corrected chi connectivity index (χ0v) is 18.2. The maximum absolute atomic E-state index is 11.9. The molecule has 2 rings (SSSR count). The molecule has 1 aromatic rings. The van der Waals surface area contributed by atoms with Gasteiger partial charge in [0.05, 0.1) is 0 Å². The smallest absolute Gasteiger partial charge is 0.465 e. The molecule has 1 aliphatic heterocycles. The number of halogens is 1. The number of amides is 1. The number of nitrogens with zero attached hydrogens (tertiary/aromatic N) is 1. The van der Waals surface area contributed by atoms with Crippen molar-refractivity contribution >= 4 is 23.5 Å². The predicted molar refractivity (Wildman–Crippen MR) is 94.9 cm³/mol. The van der Waals surface area contributed by atoms with Crippen molar-refractivity contribution in [2.45, 2.75) is 12.8 Å². The van der Waals surface area contributed by atoms with Gasteiger partial charge in [0.1, 0.15) is 0 Å². The second-order valence-electron chi connectivity index (χ2n) is 4.67. The molecule has 0 atom stereocenters. The Kier molecular flexibility index (Phi) is 16.0. The van der Waals surface area contributed by atoms with Gasteiger partial charge >= 0.3 is 47.8 Å². The van der Waals surface area contributed by atoms with Crippen molar-refractivity contribution < 1.29 is 56.4 Å². The zero-order valence-electron chi connectivity index (χ0n) is 14.3. The first-order chi connectivity index (χ1) is 9.56. The number of rotatable bonds is 1. The van der Waals surface area contributed by atoms with Crippen molar-refractivity contribution in [1.29, 1.82) is 0 Å². The van der Waals surface area contributed by atoms with Gasteiger partial charge in [0.25, 0.3) is 0 Å². The fraction of sp³-hybridized carbons (Fsp3) is 0.278. The summed E-state index contributed by atoms with van der Waals surface area (Å²) in [6, 6.07) is 6.97. The zero-order chi connectivity index (χ0) is 14.5. The third kappa shape index (κ3) is 8.47. The summed E-state index contributed by atoms with van der Waals surface area (Å²) in [5.74, 6) is 5.17. The monoisotopic (exact) mass is 476 g/mol. The molecule has 1 amide bonds. The number of carbonyl (C=O) groups excluding carboxylic acids is 1. The molecule has 129 valence electrons. The van der Waals surface area contributed by atoms with Crippen LogP contribution in [0, 0.1) is 81.8 Å². The Balaban J connectivity index is -0.00000110. The van der Waals surface area contributed by atoms with Crippen LogP contribution in [0.2, 0.25) is 5.02 Å². The number of hydrogen-bond donors (Lipinski definition) is 1. The Bertz CT molecular complexity index is 570. The molecule has 1 saturated heterocycles. The van der Waals surface area contributed by atoms with Crippen LogP contribution < -0.4 is 0 Å². The Morgan fingerprint density at radius 3 is 2.04 bits per heavy atom. The number of piperidine rings is 1. The van der Waals surface area contributed by atoms with Crippen molar-refractivity contribution in [2.75, 3.05) is 13.1 Å².